The van der Waals surface area contributed by atoms with E-state index in [-0.39, 0.29) is 0 Å². The average molecular weight is 497 g/mol. The van der Waals surface area contributed by atoms with Crippen LogP contribution in [0.25, 0.3) is 54.5 Å². The first-order valence-electron chi connectivity index (χ1n) is 11.2. The Balaban J connectivity index is 1.31. The maximum atomic E-state index is 9.79. The molecule has 6 aromatic rings. The van der Waals surface area contributed by atoms with Crippen LogP contribution in [0, 0.1) is 22.7 Å². The van der Waals surface area contributed by atoms with Gasteiger partial charge in [-0.15, -0.1) is 22.7 Å². The lowest BCUT2D eigenvalue weighted by atomic mass is 10.1. The molecule has 4 nitrogen and oxygen atoms in total. The molecule has 36 heavy (non-hydrogen) atoms. The van der Waals surface area contributed by atoms with E-state index in [0.29, 0.717) is 22.5 Å². The summed E-state index contributed by atoms with van der Waals surface area (Å²) < 4.78 is 2.23. The van der Waals surface area contributed by atoms with E-state index in [1.165, 1.54) is 0 Å². The molecule has 0 aliphatic heterocycles. The zero-order valence-corrected chi connectivity index (χ0v) is 20.5. The van der Waals surface area contributed by atoms with Gasteiger partial charge in [0.1, 0.15) is 12.1 Å². The Morgan fingerprint density at radius 3 is 1.50 bits per heavy atom. The number of thiophene rings is 2. The number of pyridine rings is 2. The Labute approximate surface area is 215 Å². The lowest BCUT2D eigenvalue weighted by Crippen LogP contribution is -1.88. The summed E-state index contributed by atoms with van der Waals surface area (Å²) in [7, 11) is 0. The third-order valence-corrected chi connectivity index (χ3v) is 8.00. The van der Waals surface area contributed by atoms with Gasteiger partial charge in [-0.3, -0.25) is 0 Å². The lowest BCUT2D eigenvalue weighted by molar-refractivity contribution is 1.35. The molecule has 0 spiro atoms. The van der Waals surface area contributed by atoms with Crippen LogP contribution in [0.3, 0.4) is 0 Å². The Kier molecular flexibility index (Phi) is 5.59. The molecular formula is C30H16N4S2. The Morgan fingerprint density at radius 2 is 1.06 bits per heavy atom. The molecule has 0 saturated heterocycles. The third kappa shape index (κ3) is 4.16. The van der Waals surface area contributed by atoms with Crippen molar-refractivity contribution in [1.29, 1.82) is 10.5 Å². The standard InChI is InChI=1S/C30H16N4S2/c31-17-21(27-11-9-19-5-1-3-7-25(19)33-27)13-23-15-29-30(35-23)16-24(36-29)14-22(18-32)28-12-10-20-6-2-4-8-26(20)34-28/h1-16H/b21-13+,22-14+. The first-order chi connectivity index (χ1) is 17.7. The maximum Gasteiger partial charge on any atom is 0.101 e. The summed E-state index contributed by atoms with van der Waals surface area (Å²) in [6.45, 7) is 0. The van der Waals surface area contributed by atoms with Crippen LogP contribution in [0.4, 0.5) is 0 Å². The van der Waals surface area contributed by atoms with Crippen LogP contribution >= 0.6 is 22.7 Å². The molecule has 4 heterocycles. The molecule has 4 aromatic heterocycles. The van der Waals surface area contributed by atoms with E-state index in [9.17, 15) is 10.5 Å². The van der Waals surface area contributed by atoms with Gasteiger partial charge in [0.05, 0.1) is 33.6 Å². The lowest BCUT2D eigenvalue weighted by Gasteiger charge is -2.01. The summed E-state index contributed by atoms with van der Waals surface area (Å²) in [6, 6.07) is 32.3. The summed E-state index contributed by atoms with van der Waals surface area (Å²) in [4.78, 5) is 11.3. The first kappa shape index (κ1) is 21.9. The number of allylic oxidation sites excluding steroid dienone is 2. The number of hydrogen-bond acceptors (Lipinski definition) is 6. The van der Waals surface area contributed by atoms with Crippen LogP contribution in [0.15, 0.2) is 84.9 Å². The van der Waals surface area contributed by atoms with Crippen LogP contribution in [0.1, 0.15) is 21.1 Å². The average Bonchev–Trinajstić information content (AvgIpc) is 3.48. The highest BCUT2D eigenvalue weighted by atomic mass is 32.1. The number of nitrogens with zero attached hydrogens (tertiary/aromatic N) is 4. The van der Waals surface area contributed by atoms with E-state index in [0.717, 1.165) is 41.0 Å². The second-order valence-electron chi connectivity index (χ2n) is 8.14. The highest BCUT2D eigenvalue weighted by molar-refractivity contribution is 7.28. The van der Waals surface area contributed by atoms with Gasteiger partial charge in [0.2, 0.25) is 0 Å². The number of benzene rings is 2. The van der Waals surface area contributed by atoms with Crippen LogP contribution in [-0.4, -0.2) is 9.97 Å². The van der Waals surface area contributed by atoms with Gasteiger partial charge in [-0.1, -0.05) is 48.5 Å². The number of fused-ring (bicyclic) bond motifs is 3. The number of aromatic nitrogens is 2. The molecule has 2 aromatic carbocycles. The van der Waals surface area contributed by atoms with E-state index >= 15 is 0 Å². The van der Waals surface area contributed by atoms with Crippen LogP contribution in [0.2, 0.25) is 0 Å². The second kappa shape index (κ2) is 9.20. The maximum absolute atomic E-state index is 9.79. The molecule has 0 aliphatic rings. The molecule has 0 aliphatic carbocycles. The minimum absolute atomic E-state index is 0.531. The van der Waals surface area contributed by atoms with Crippen LogP contribution in [0.5, 0.6) is 0 Å². The second-order valence-corrected chi connectivity index (χ2v) is 10.4. The predicted octanol–water partition coefficient (Wildman–Crippen LogP) is 8.19. The zero-order chi connectivity index (χ0) is 24.5. The zero-order valence-electron chi connectivity index (χ0n) is 18.8. The fourth-order valence-corrected chi connectivity index (χ4v) is 6.36. The van der Waals surface area contributed by atoms with Gasteiger partial charge in [-0.05, 0) is 48.6 Å². The minimum Gasteiger partial charge on any atom is -0.247 e. The van der Waals surface area contributed by atoms with Gasteiger partial charge in [-0.25, -0.2) is 9.97 Å². The third-order valence-electron chi connectivity index (χ3n) is 5.81. The predicted molar refractivity (Wildman–Crippen MR) is 150 cm³/mol. The molecule has 0 atom stereocenters. The van der Waals surface area contributed by atoms with Crippen molar-refractivity contribution in [2.24, 2.45) is 0 Å². The van der Waals surface area contributed by atoms with Crippen molar-refractivity contribution in [3.8, 4) is 12.1 Å². The monoisotopic (exact) mass is 496 g/mol. The van der Waals surface area contributed by atoms with Crippen LogP contribution < -0.4 is 0 Å². The van der Waals surface area contributed by atoms with E-state index in [4.69, 9.17) is 0 Å². The normalized spacial score (nSPS) is 12.2. The quantitative estimate of drug-likeness (QED) is 0.231. The Morgan fingerprint density at radius 1 is 0.611 bits per heavy atom. The van der Waals surface area contributed by atoms with Gasteiger partial charge < -0.3 is 0 Å². The molecule has 168 valence electrons. The number of hydrogen-bond donors (Lipinski definition) is 0. The number of rotatable bonds is 4. The van der Waals surface area contributed by atoms with Crippen molar-refractivity contribution in [1.82, 2.24) is 9.97 Å². The van der Waals surface area contributed by atoms with Crippen molar-refractivity contribution in [2.45, 2.75) is 0 Å². The number of para-hydroxylation sites is 2. The van der Waals surface area contributed by atoms with Gasteiger partial charge >= 0.3 is 0 Å². The topological polar surface area (TPSA) is 73.4 Å². The SMILES string of the molecule is N#C/C(=C\c1cc2sc(/C=C(\C#N)c3ccc4ccccc4n3)cc2s1)c1ccc2ccccc2n1. The summed E-state index contributed by atoms with van der Waals surface area (Å²) in [6.07, 6.45) is 3.79. The van der Waals surface area contributed by atoms with Crippen molar-refractivity contribution in [3.63, 3.8) is 0 Å². The van der Waals surface area contributed by atoms with Gasteiger partial charge in [0, 0.05) is 29.9 Å². The fraction of sp³-hybridized carbons (Fsp3) is 0. The molecule has 6 heteroatoms. The molecule has 0 fully saturated rings. The number of nitriles is 2. The van der Waals surface area contributed by atoms with Crippen molar-refractivity contribution in [2.75, 3.05) is 0 Å². The molecule has 0 saturated carbocycles. The van der Waals surface area contributed by atoms with E-state index < -0.39 is 0 Å². The van der Waals surface area contributed by atoms with Gasteiger partial charge in [-0.2, -0.15) is 10.5 Å². The summed E-state index contributed by atoms with van der Waals surface area (Å²) in [5.41, 5.74) is 4.13. The van der Waals surface area contributed by atoms with Gasteiger partial charge in [0.15, 0.2) is 0 Å². The minimum atomic E-state index is 0.531. The van der Waals surface area contributed by atoms with E-state index in [1.807, 2.05) is 84.9 Å². The molecule has 0 unspecified atom stereocenters. The highest BCUT2D eigenvalue weighted by Crippen LogP contribution is 2.36. The first-order valence-corrected chi connectivity index (χ1v) is 12.8. The smallest absolute Gasteiger partial charge is 0.101 e. The molecule has 6 rings (SSSR count). The molecule has 0 bridgehead atoms. The van der Waals surface area contributed by atoms with Crippen LogP contribution in [-0.2, 0) is 0 Å². The Hall–Kier alpha value is -4.62. The molecular weight excluding hydrogens is 480 g/mol. The summed E-state index contributed by atoms with van der Waals surface area (Å²) >= 11 is 3.24. The summed E-state index contributed by atoms with van der Waals surface area (Å²) in [5.74, 6) is 0. The molecule has 0 N–H and O–H groups in total. The van der Waals surface area contributed by atoms with Gasteiger partial charge in [0.25, 0.3) is 0 Å². The van der Waals surface area contributed by atoms with Crippen molar-refractivity contribution < 1.29 is 0 Å². The molecule has 0 radical (unpaired) electrons. The summed E-state index contributed by atoms with van der Waals surface area (Å²) in [5, 5.41) is 21.7. The van der Waals surface area contributed by atoms with Crippen molar-refractivity contribution >= 4 is 77.2 Å². The van der Waals surface area contributed by atoms with E-state index in [2.05, 4.69) is 34.2 Å². The Bertz CT molecular complexity index is 1760. The van der Waals surface area contributed by atoms with E-state index in [1.54, 1.807) is 22.7 Å². The molecule has 0 amide bonds. The largest absolute Gasteiger partial charge is 0.247 e. The highest BCUT2D eigenvalue weighted by Gasteiger charge is 2.10. The van der Waals surface area contributed by atoms with Crippen molar-refractivity contribution in [3.05, 3.63) is 106 Å². The fourth-order valence-electron chi connectivity index (χ4n) is 4.06.